The van der Waals surface area contributed by atoms with Gasteiger partial charge in [-0.15, -0.1) is 0 Å². The van der Waals surface area contributed by atoms with Crippen LogP contribution >= 0.6 is 0 Å². The number of carboxylic acids is 1. The summed E-state index contributed by atoms with van der Waals surface area (Å²) in [6.45, 7) is 7.48. The lowest BCUT2D eigenvalue weighted by Crippen LogP contribution is -2.53. The van der Waals surface area contributed by atoms with E-state index in [0.29, 0.717) is 0 Å². The maximum absolute atomic E-state index is 12.2. The molecule has 0 aromatic heterocycles. The molecular weight excluding hydrogens is 248 g/mol. The third-order valence-corrected chi connectivity index (χ3v) is 3.20. The van der Waals surface area contributed by atoms with Crippen molar-refractivity contribution >= 4 is 12.0 Å². The molecule has 0 aromatic rings. The standard InChI is InChI=1S/C13H26N2O4/c1-5-10(6-2)15(7-8-16)13(19)14-11(9(3)4)12(17)18/h9-11,16H,5-8H2,1-4H3,(H,14,19)(H,17,18)/t11-/m0/s1. The first kappa shape index (κ1) is 17.7. The van der Waals surface area contributed by atoms with Crippen molar-refractivity contribution in [2.75, 3.05) is 13.2 Å². The maximum atomic E-state index is 12.2. The van der Waals surface area contributed by atoms with E-state index < -0.39 is 18.0 Å². The van der Waals surface area contributed by atoms with Gasteiger partial charge < -0.3 is 20.4 Å². The molecule has 6 nitrogen and oxygen atoms in total. The normalized spacial score (nSPS) is 12.6. The number of rotatable bonds is 8. The van der Waals surface area contributed by atoms with Gasteiger partial charge in [0, 0.05) is 12.6 Å². The highest BCUT2D eigenvalue weighted by Crippen LogP contribution is 2.10. The van der Waals surface area contributed by atoms with Gasteiger partial charge >= 0.3 is 12.0 Å². The summed E-state index contributed by atoms with van der Waals surface area (Å²) in [4.78, 5) is 24.7. The fourth-order valence-corrected chi connectivity index (χ4v) is 2.02. The van der Waals surface area contributed by atoms with Crippen LogP contribution in [-0.2, 0) is 4.79 Å². The summed E-state index contributed by atoms with van der Waals surface area (Å²) in [5, 5.41) is 20.6. The van der Waals surface area contributed by atoms with Crippen LogP contribution in [0, 0.1) is 5.92 Å². The predicted octanol–water partition coefficient (Wildman–Crippen LogP) is 1.29. The van der Waals surface area contributed by atoms with E-state index in [1.54, 1.807) is 13.8 Å². The minimum Gasteiger partial charge on any atom is -0.480 e. The van der Waals surface area contributed by atoms with E-state index in [-0.39, 0.29) is 25.1 Å². The van der Waals surface area contributed by atoms with Gasteiger partial charge in [-0.3, -0.25) is 0 Å². The second kappa shape index (κ2) is 8.74. The fraction of sp³-hybridized carbons (Fsp3) is 0.846. The Hall–Kier alpha value is -1.30. The van der Waals surface area contributed by atoms with Gasteiger partial charge in [-0.25, -0.2) is 9.59 Å². The second-order valence-electron chi connectivity index (χ2n) is 4.90. The molecule has 3 N–H and O–H groups in total. The number of urea groups is 1. The summed E-state index contributed by atoms with van der Waals surface area (Å²) >= 11 is 0. The number of amides is 2. The Morgan fingerprint density at radius 1 is 1.21 bits per heavy atom. The van der Waals surface area contributed by atoms with E-state index >= 15 is 0 Å². The molecule has 2 amide bonds. The quantitative estimate of drug-likeness (QED) is 0.622. The van der Waals surface area contributed by atoms with Crippen molar-refractivity contribution in [3.05, 3.63) is 0 Å². The van der Waals surface area contributed by atoms with Gasteiger partial charge in [-0.2, -0.15) is 0 Å². The van der Waals surface area contributed by atoms with Crippen molar-refractivity contribution in [3.8, 4) is 0 Å². The van der Waals surface area contributed by atoms with Crippen LogP contribution in [0.1, 0.15) is 40.5 Å². The Morgan fingerprint density at radius 2 is 1.74 bits per heavy atom. The summed E-state index contributed by atoms with van der Waals surface area (Å²) in [5.41, 5.74) is 0. The molecule has 0 aliphatic heterocycles. The number of hydrogen-bond acceptors (Lipinski definition) is 3. The summed E-state index contributed by atoms with van der Waals surface area (Å²) in [7, 11) is 0. The van der Waals surface area contributed by atoms with Crippen LogP contribution in [-0.4, -0.2) is 52.3 Å². The van der Waals surface area contributed by atoms with Crippen LogP contribution in [0.25, 0.3) is 0 Å². The van der Waals surface area contributed by atoms with Crippen LogP contribution in [0.15, 0.2) is 0 Å². The Kier molecular flexibility index (Phi) is 8.14. The number of hydrogen-bond donors (Lipinski definition) is 3. The molecule has 0 fully saturated rings. The number of carboxylic acid groups (broad SMARTS) is 1. The topological polar surface area (TPSA) is 89.9 Å². The third kappa shape index (κ3) is 5.46. The first-order valence-electron chi connectivity index (χ1n) is 6.79. The second-order valence-corrected chi connectivity index (χ2v) is 4.90. The fourth-order valence-electron chi connectivity index (χ4n) is 2.02. The first-order chi connectivity index (χ1) is 8.88. The molecule has 0 radical (unpaired) electrons. The molecule has 19 heavy (non-hydrogen) atoms. The average Bonchev–Trinajstić information content (AvgIpc) is 2.35. The number of aliphatic carboxylic acids is 1. The molecule has 0 saturated heterocycles. The van der Waals surface area contributed by atoms with Crippen LogP contribution < -0.4 is 5.32 Å². The highest BCUT2D eigenvalue weighted by Gasteiger charge is 2.28. The molecule has 0 heterocycles. The SMILES string of the molecule is CCC(CC)N(CCO)C(=O)N[C@H](C(=O)O)C(C)C. The molecule has 0 aromatic carbocycles. The van der Waals surface area contributed by atoms with E-state index in [4.69, 9.17) is 10.2 Å². The van der Waals surface area contributed by atoms with Gasteiger partial charge in [0.05, 0.1) is 6.61 Å². The predicted molar refractivity (Wildman–Crippen MR) is 73.0 cm³/mol. The van der Waals surface area contributed by atoms with Crippen molar-refractivity contribution in [1.82, 2.24) is 10.2 Å². The molecular formula is C13H26N2O4. The number of carbonyl (C=O) groups excluding carboxylic acids is 1. The van der Waals surface area contributed by atoms with Crippen molar-refractivity contribution in [2.45, 2.75) is 52.6 Å². The molecule has 0 unspecified atom stereocenters. The molecule has 0 saturated carbocycles. The molecule has 0 rings (SSSR count). The highest BCUT2D eigenvalue weighted by molar-refractivity contribution is 5.82. The summed E-state index contributed by atoms with van der Waals surface area (Å²) in [5.74, 6) is -1.24. The van der Waals surface area contributed by atoms with Crippen LogP contribution in [0.4, 0.5) is 4.79 Å². The van der Waals surface area contributed by atoms with Gasteiger partial charge in [-0.1, -0.05) is 27.7 Å². The van der Waals surface area contributed by atoms with Gasteiger partial charge in [0.2, 0.25) is 0 Å². The molecule has 0 aliphatic rings. The molecule has 6 heteroatoms. The number of nitrogens with one attached hydrogen (secondary N) is 1. The lowest BCUT2D eigenvalue weighted by molar-refractivity contribution is -0.140. The minimum absolute atomic E-state index is 0.00811. The smallest absolute Gasteiger partial charge is 0.326 e. The van der Waals surface area contributed by atoms with E-state index in [2.05, 4.69) is 5.32 Å². The van der Waals surface area contributed by atoms with Gasteiger partial charge in [-0.05, 0) is 18.8 Å². The van der Waals surface area contributed by atoms with Crippen LogP contribution in [0.5, 0.6) is 0 Å². The van der Waals surface area contributed by atoms with E-state index in [9.17, 15) is 9.59 Å². The molecule has 1 atom stereocenters. The van der Waals surface area contributed by atoms with Crippen molar-refractivity contribution in [2.24, 2.45) is 5.92 Å². The maximum Gasteiger partial charge on any atom is 0.326 e. The molecule has 0 spiro atoms. The first-order valence-corrected chi connectivity index (χ1v) is 6.79. The number of aliphatic hydroxyl groups is 1. The highest BCUT2D eigenvalue weighted by atomic mass is 16.4. The molecule has 112 valence electrons. The van der Waals surface area contributed by atoms with Gasteiger partial charge in [0.25, 0.3) is 0 Å². The van der Waals surface area contributed by atoms with E-state index in [1.165, 1.54) is 4.90 Å². The summed E-state index contributed by atoms with van der Waals surface area (Å²) in [6.07, 6.45) is 1.53. The monoisotopic (exact) mass is 274 g/mol. The average molecular weight is 274 g/mol. The number of aliphatic hydroxyl groups excluding tert-OH is 1. The zero-order valence-electron chi connectivity index (χ0n) is 12.2. The molecule has 0 aliphatic carbocycles. The van der Waals surface area contributed by atoms with Crippen LogP contribution in [0.2, 0.25) is 0 Å². The van der Waals surface area contributed by atoms with E-state index in [1.807, 2.05) is 13.8 Å². The number of carbonyl (C=O) groups is 2. The van der Waals surface area contributed by atoms with Crippen molar-refractivity contribution in [1.29, 1.82) is 0 Å². The Balaban J connectivity index is 4.84. The Bertz CT molecular complexity index is 290. The zero-order chi connectivity index (χ0) is 15.0. The van der Waals surface area contributed by atoms with Gasteiger partial charge in [0.1, 0.15) is 6.04 Å². The number of nitrogens with zero attached hydrogens (tertiary/aromatic N) is 1. The van der Waals surface area contributed by atoms with Crippen molar-refractivity contribution < 1.29 is 19.8 Å². The minimum atomic E-state index is -1.04. The van der Waals surface area contributed by atoms with Crippen LogP contribution in [0.3, 0.4) is 0 Å². The van der Waals surface area contributed by atoms with Gasteiger partial charge in [0.15, 0.2) is 0 Å². The lowest BCUT2D eigenvalue weighted by atomic mass is 10.0. The van der Waals surface area contributed by atoms with E-state index in [0.717, 1.165) is 12.8 Å². The lowest BCUT2D eigenvalue weighted by Gasteiger charge is -2.31. The zero-order valence-corrected chi connectivity index (χ0v) is 12.2. The summed E-state index contributed by atoms with van der Waals surface area (Å²) in [6, 6.07) is -1.33. The Labute approximate surface area is 114 Å². The van der Waals surface area contributed by atoms with Crippen molar-refractivity contribution in [3.63, 3.8) is 0 Å². The largest absolute Gasteiger partial charge is 0.480 e. The summed E-state index contributed by atoms with van der Waals surface area (Å²) < 4.78 is 0. The third-order valence-electron chi connectivity index (χ3n) is 3.20. The molecule has 0 bridgehead atoms. The Morgan fingerprint density at radius 3 is 2.05 bits per heavy atom.